The molecule has 172 valence electrons. The molecule has 13 nitrogen and oxygen atoms in total. The fourth-order valence-corrected chi connectivity index (χ4v) is 2.39. The summed E-state index contributed by atoms with van der Waals surface area (Å²) in [6.07, 6.45) is -3.50. The maximum absolute atomic E-state index is 12.5. The lowest BCUT2D eigenvalue weighted by molar-refractivity contribution is -0.145. The smallest absolute Gasteiger partial charge is 0.328 e. The fraction of sp³-hybridized carbons (Fsp3) is 0.688. The number of carbonyl (C=O) groups is 5. The lowest BCUT2D eigenvalue weighted by atomic mass is 10.1. The van der Waals surface area contributed by atoms with Gasteiger partial charge in [0.25, 0.3) is 0 Å². The predicted octanol–water partition coefficient (Wildman–Crippen LogP) is -3.59. The van der Waals surface area contributed by atoms with Crippen LogP contribution in [0.25, 0.3) is 0 Å². The third kappa shape index (κ3) is 9.39. The van der Waals surface area contributed by atoms with Gasteiger partial charge in [-0.3, -0.25) is 19.2 Å². The number of thiol groups is 1. The molecule has 0 rings (SSSR count). The van der Waals surface area contributed by atoms with Crippen LogP contribution in [0.2, 0.25) is 0 Å². The van der Waals surface area contributed by atoms with Crippen molar-refractivity contribution in [2.45, 2.75) is 63.1 Å². The molecule has 0 aliphatic carbocycles. The van der Waals surface area contributed by atoms with Crippen molar-refractivity contribution in [1.82, 2.24) is 16.0 Å². The van der Waals surface area contributed by atoms with Crippen molar-refractivity contribution in [3.63, 3.8) is 0 Å². The summed E-state index contributed by atoms with van der Waals surface area (Å²) < 4.78 is 0. The van der Waals surface area contributed by atoms with E-state index in [0.29, 0.717) is 0 Å². The van der Waals surface area contributed by atoms with Gasteiger partial charge in [-0.15, -0.1) is 0 Å². The van der Waals surface area contributed by atoms with Gasteiger partial charge < -0.3 is 42.1 Å². The monoisotopic (exact) mass is 452 g/mol. The van der Waals surface area contributed by atoms with Gasteiger partial charge in [0.2, 0.25) is 17.7 Å². The summed E-state index contributed by atoms with van der Waals surface area (Å²) in [4.78, 5) is 58.7. The van der Waals surface area contributed by atoms with E-state index in [-0.39, 0.29) is 12.2 Å². The Morgan fingerprint density at radius 1 is 0.867 bits per heavy atom. The second-order valence-corrected chi connectivity index (χ2v) is 6.93. The number of aliphatic hydroxyl groups is 2. The third-order valence-corrected chi connectivity index (χ3v) is 4.33. The van der Waals surface area contributed by atoms with E-state index >= 15 is 0 Å². The van der Waals surface area contributed by atoms with Crippen molar-refractivity contribution in [3.8, 4) is 0 Å². The first-order chi connectivity index (χ1) is 13.8. The quantitative estimate of drug-likeness (QED) is 0.125. The number of amides is 3. The maximum atomic E-state index is 12.5. The molecular formula is C16H28N4O9S. The highest BCUT2D eigenvalue weighted by molar-refractivity contribution is 7.80. The molecule has 6 atom stereocenters. The van der Waals surface area contributed by atoms with Crippen molar-refractivity contribution in [2.24, 2.45) is 5.73 Å². The van der Waals surface area contributed by atoms with Gasteiger partial charge in [0, 0.05) is 12.2 Å². The first kappa shape index (κ1) is 27.6. The van der Waals surface area contributed by atoms with Crippen molar-refractivity contribution >= 4 is 42.3 Å². The summed E-state index contributed by atoms with van der Waals surface area (Å²) in [5, 5.41) is 43.2. The summed E-state index contributed by atoms with van der Waals surface area (Å²) in [7, 11) is 0. The number of nitrogens with two attached hydrogens (primary N) is 1. The van der Waals surface area contributed by atoms with E-state index in [0.717, 1.165) is 6.92 Å². The van der Waals surface area contributed by atoms with Gasteiger partial charge in [-0.25, -0.2) is 4.79 Å². The molecule has 6 unspecified atom stereocenters. The minimum Gasteiger partial charge on any atom is -0.481 e. The molecule has 0 bridgehead atoms. The molecule has 9 N–H and O–H groups in total. The Morgan fingerprint density at radius 3 is 1.77 bits per heavy atom. The van der Waals surface area contributed by atoms with Gasteiger partial charge >= 0.3 is 11.9 Å². The Balaban J connectivity index is 5.30. The number of carboxylic acids is 2. The van der Waals surface area contributed by atoms with E-state index in [1.54, 1.807) is 0 Å². The molecule has 0 aromatic heterocycles. The summed E-state index contributed by atoms with van der Waals surface area (Å²) in [5.41, 5.74) is 5.49. The number of nitrogens with one attached hydrogen (secondary N) is 3. The Bertz CT molecular complexity index is 644. The number of aliphatic hydroxyl groups excluding tert-OH is 2. The van der Waals surface area contributed by atoms with Gasteiger partial charge in [0.1, 0.15) is 18.1 Å². The highest BCUT2D eigenvalue weighted by Crippen LogP contribution is 2.03. The molecular weight excluding hydrogens is 424 g/mol. The molecule has 0 radical (unpaired) electrons. The minimum atomic E-state index is -1.64. The van der Waals surface area contributed by atoms with Crippen molar-refractivity contribution in [3.05, 3.63) is 0 Å². The van der Waals surface area contributed by atoms with E-state index < -0.39 is 72.5 Å². The van der Waals surface area contributed by atoms with Gasteiger partial charge in [0.05, 0.1) is 12.2 Å². The zero-order valence-corrected chi connectivity index (χ0v) is 17.3. The standard InChI is InChI=1S/C16H28N4O9S/c1-6(21)11(17)15(27)18-8(3-4-10(23)24)13(25)19-9(5-30)14(26)20-12(7(2)22)16(28)29/h6-9,11-12,21-22,30H,3-5,17H2,1-2H3,(H,18,27)(H,19,25)(H,20,26)(H,23,24)(H,28,29). The molecule has 0 saturated heterocycles. The molecule has 0 aromatic rings. The number of hydrogen-bond donors (Lipinski definition) is 9. The Kier molecular flexibility index (Phi) is 11.9. The van der Waals surface area contributed by atoms with Crippen LogP contribution in [0.1, 0.15) is 26.7 Å². The molecule has 0 aliphatic heterocycles. The second kappa shape index (κ2) is 13.0. The van der Waals surface area contributed by atoms with Gasteiger partial charge in [0.15, 0.2) is 6.04 Å². The summed E-state index contributed by atoms with van der Waals surface area (Å²) >= 11 is 3.92. The maximum Gasteiger partial charge on any atom is 0.328 e. The molecule has 0 saturated carbocycles. The SMILES string of the molecule is CC(O)C(N)C(=O)NC(CCC(=O)O)C(=O)NC(CS)C(=O)NC(C(=O)O)C(C)O. The predicted molar refractivity (Wildman–Crippen MR) is 105 cm³/mol. The average Bonchev–Trinajstić information content (AvgIpc) is 2.65. The van der Waals surface area contributed by atoms with E-state index in [2.05, 4.69) is 23.3 Å². The fourth-order valence-electron chi connectivity index (χ4n) is 2.13. The number of aliphatic carboxylic acids is 2. The minimum absolute atomic E-state index is 0.267. The average molecular weight is 452 g/mol. The summed E-state index contributed by atoms with van der Waals surface area (Å²) in [6.45, 7) is 2.40. The second-order valence-electron chi connectivity index (χ2n) is 6.57. The highest BCUT2D eigenvalue weighted by Gasteiger charge is 2.32. The highest BCUT2D eigenvalue weighted by atomic mass is 32.1. The van der Waals surface area contributed by atoms with Crippen LogP contribution in [0.3, 0.4) is 0 Å². The molecule has 0 spiro atoms. The Hall–Kier alpha value is -2.42. The number of rotatable bonds is 13. The van der Waals surface area contributed by atoms with Crippen LogP contribution < -0.4 is 21.7 Å². The molecule has 3 amide bonds. The number of carbonyl (C=O) groups excluding carboxylic acids is 3. The van der Waals surface area contributed by atoms with E-state index in [1.165, 1.54) is 6.92 Å². The Morgan fingerprint density at radius 2 is 1.37 bits per heavy atom. The van der Waals surface area contributed by atoms with Crippen LogP contribution in [0.4, 0.5) is 0 Å². The van der Waals surface area contributed by atoms with Crippen LogP contribution in [-0.2, 0) is 24.0 Å². The largest absolute Gasteiger partial charge is 0.481 e. The number of carboxylic acid groups (broad SMARTS) is 2. The zero-order chi connectivity index (χ0) is 23.6. The molecule has 0 aliphatic rings. The molecule has 14 heteroatoms. The number of hydrogen-bond acceptors (Lipinski definition) is 9. The van der Waals surface area contributed by atoms with E-state index in [4.69, 9.17) is 15.9 Å². The van der Waals surface area contributed by atoms with Crippen LogP contribution in [0.5, 0.6) is 0 Å². The van der Waals surface area contributed by atoms with Gasteiger partial charge in [-0.1, -0.05) is 0 Å². The van der Waals surface area contributed by atoms with Crippen LogP contribution >= 0.6 is 12.6 Å². The van der Waals surface area contributed by atoms with Gasteiger partial charge in [-0.05, 0) is 20.3 Å². The van der Waals surface area contributed by atoms with Crippen LogP contribution in [0.15, 0.2) is 0 Å². The normalized spacial score (nSPS) is 16.9. The molecule has 0 fully saturated rings. The van der Waals surface area contributed by atoms with Gasteiger partial charge in [-0.2, -0.15) is 12.6 Å². The van der Waals surface area contributed by atoms with Crippen molar-refractivity contribution in [2.75, 3.05) is 5.75 Å². The first-order valence-electron chi connectivity index (χ1n) is 8.90. The Labute approximate surface area is 177 Å². The third-order valence-electron chi connectivity index (χ3n) is 3.96. The van der Waals surface area contributed by atoms with Crippen LogP contribution in [-0.4, -0.2) is 92.2 Å². The summed E-state index contributed by atoms with van der Waals surface area (Å²) in [6, 6.07) is -5.77. The van der Waals surface area contributed by atoms with E-state index in [1.807, 2.05) is 5.32 Å². The van der Waals surface area contributed by atoms with E-state index in [9.17, 15) is 34.2 Å². The molecule has 0 heterocycles. The van der Waals surface area contributed by atoms with Crippen molar-refractivity contribution in [1.29, 1.82) is 0 Å². The lowest BCUT2D eigenvalue weighted by Crippen LogP contribution is -2.59. The topological polar surface area (TPSA) is 228 Å². The van der Waals surface area contributed by atoms with Crippen molar-refractivity contribution < 1.29 is 44.4 Å². The molecule has 0 aromatic carbocycles. The zero-order valence-electron chi connectivity index (χ0n) is 16.4. The summed E-state index contributed by atoms with van der Waals surface area (Å²) in [5.74, 6) is -5.83. The first-order valence-corrected chi connectivity index (χ1v) is 9.53. The van der Waals surface area contributed by atoms with Crippen LogP contribution in [0, 0.1) is 0 Å². The lowest BCUT2D eigenvalue weighted by Gasteiger charge is -2.25. The molecule has 30 heavy (non-hydrogen) atoms.